The minimum Gasteiger partial charge on any atom is -0.724 e. The number of methoxy groups -OCH3 is 5. The first-order valence-electron chi connectivity index (χ1n) is 23.0. The summed E-state index contributed by atoms with van der Waals surface area (Å²) in [5, 5.41) is 53.0. The van der Waals surface area contributed by atoms with Crippen LogP contribution in [-0.4, -0.2) is 139 Å². The van der Waals surface area contributed by atoms with Gasteiger partial charge in [0.05, 0.1) is 72.8 Å². The van der Waals surface area contributed by atoms with Crippen LogP contribution < -0.4 is 34.9 Å². The number of carbonyl (C=O) groups excluding carboxylic acids is 1. The van der Waals surface area contributed by atoms with Gasteiger partial charge in [-0.05, 0) is 101 Å². The molecule has 6 rings (SSSR count). The molecule has 1 amide bonds. The van der Waals surface area contributed by atoms with Crippen LogP contribution in [-0.2, 0) is 71.1 Å². The summed E-state index contributed by atoms with van der Waals surface area (Å²) in [4.78, 5) is 14.5. The van der Waals surface area contributed by atoms with Crippen molar-refractivity contribution in [3.8, 4) is 34.8 Å². The predicted molar refractivity (Wildman–Crippen MR) is 299 cm³/mol. The van der Waals surface area contributed by atoms with Gasteiger partial charge in [0.15, 0.2) is 0 Å². The van der Waals surface area contributed by atoms with Crippen LogP contribution in [0, 0.1) is 11.3 Å². The molecule has 7 N–H and O–H groups in total. The van der Waals surface area contributed by atoms with Gasteiger partial charge in [-0.3, -0.25) is 9.08 Å². The maximum absolute atomic E-state index is 10.7. The molecule has 434 valence electrons. The van der Waals surface area contributed by atoms with Gasteiger partial charge in [-0.1, -0.05) is 89.8 Å². The highest BCUT2D eigenvalue weighted by Gasteiger charge is 2.44. The van der Waals surface area contributed by atoms with Crippen molar-refractivity contribution < 1.29 is 88.2 Å². The Morgan fingerprint density at radius 1 is 0.688 bits per heavy atom. The molecular formula is C51H59N5O19S5-2. The van der Waals surface area contributed by atoms with Crippen molar-refractivity contribution in [3.05, 3.63) is 149 Å². The van der Waals surface area contributed by atoms with Gasteiger partial charge in [-0.25, -0.2) is 18.9 Å². The Balaban J connectivity index is 0.000000362. The molecule has 1 aliphatic rings. The van der Waals surface area contributed by atoms with Crippen molar-refractivity contribution in [2.24, 2.45) is 15.9 Å². The van der Waals surface area contributed by atoms with Crippen molar-refractivity contribution in [1.29, 1.82) is 5.26 Å². The summed E-state index contributed by atoms with van der Waals surface area (Å²) in [6.07, 6.45) is -4.98. The van der Waals surface area contributed by atoms with Gasteiger partial charge in [0.25, 0.3) is 10.4 Å². The number of nitrogens with zero attached hydrogens (tertiary/aromatic N) is 3. The third kappa shape index (κ3) is 28.9. The second-order valence-electron chi connectivity index (χ2n) is 15.8. The largest absolute Gasteiger partial charge is 0.724 e. The van der Waals surface area contributed by atoms with Crippen LogP contribution in [0.15, 0.2) is 131 Å². The number of ether oxygens (including phenoxy) is 6. The molecule has 1 fully saturated rings. The Bertz CT molecular complexity index is 3020. The number of nitrogens with two attached hydrogens (primary N) is 1. The molecule has 0 bridgehead atoms. The summed E-state index contributed by atoms with van der Waals surface area (Å²) in [5.74, 6) is 3.23. The smallest absolute Gasteiger partial charge is 0.284 e. The third-order valence-corrected chi connectivity index (χ3v) is 12.0. The molecule has 0 spiro atoms. The molecule has 5 aromatic rings. The van der Waals surface area contributed by atoms with Crippen molar-refractivity contribution in [2.45, 2.75) is 62.1 Å². The number of isothiocyanates is 1. The van der Waals surface area contributed by atoms with Gasteiger partial charge in [0, 0.05) is 12.8 Å². The van der Waals surface area contributed by atoms with Gasteiger partial charge in [-0.15, -0.1) is 0 Å². The molecule has 1 heterocycles. The van der Waals surface area contributed by atoms with E-state index in [1.54, 1.807) is 75.9 Å². The number of hydroxylamine groups is 1. The van der Waals surface area contributed by atoms with E-state index in [0.717, 1.165) is 39.5 Å². The molecular weight excluding hydrogens is 1150 g/mol. The normalized spacial score (nSPS) is 16.3. The lowest BCUT2D eigenvalue weighted by Crippen LogP contribution is -2.57. The van der Waals surface area contributed by atoms with E-state index in [1.807, 2.05) is 72.2 Å². The first-order valence-corrected chi connectivity index (χ1v) is 27.3. The van der Waals surface area contributed by atoms with E-state index in [1.165, 1.54) is 14.2 Å². The van der Waals surface area contributed by atoms with E-state index in [-0.39, 0.29) is 35.2 Å². The number of nitriles is 1. The first-order chi connectivity index (χ1) is 38.0. The van der Waals surface area contributed by atoms with Crippen LogP contribution in [0.4, 0.5) is 0 Å². The number of hydrogen-bond donors (Lipinski definition) is 6. The van der Waals surface area contributed by atoms with Crippen LogP contribution in [0.3, 0.4) is 0 Å². The Kier molecular flexibility index (Phi) is 32.2. The molecule has 0 saturated carbocycles. The van der Waals surface area contributed by atoms with E-state index in [0.29, 0.717) is 41.8 Å². The highest BCUT2D eigenvalue weighted by molar-refractivity contribution is 8.14. The van der Waals surface area contributed by atoms with Crippen molar-refractivity contribution in [3.63, 3.8) is 0 Å². The standard InChI is InChI=1S/C15H21NO10S2.C9H11NO5S2.C9H11NO2.C9H9NOS.C9H9NO/c1-24-9-4-2-3-8(5-9)6-11(16-26-28(21,22)23)27-15-14(20)13(19)12(18)10(7-17)25-15;1-14-8-4-2-3-7(5-8)6-9(16)10-15-17(11,12)13;1-12-8-4-2-3-7(5-8)6-9(10)11;1-11-9-4-2-3-8(5-9)6-10-7-12;1-11-9-4-2-3-8(7-9)5-6-10/h2-5,10,12-15,17-20H,6-7H2,1H3,(H,21,22,23);2-5H,6H2,1H3,(H,10,16)(H,11,12,13);2-5H,6H2,1H3,(H2,10,11);2-5H,6H2,1H3;2-4,7H,5H2,1H3/p-2/b16-11-;;;;/t10?,12-,13+,14?,15+;;;;/m1..../s1. The highest BCUT2D eigenvalue weighted by Crippen LogP contribution is 2.31. The molecule has 80 heavy (non-hydrogen) atoms. The number of thioether (sulfide) groups is 1. The number of benzene rings is 5. The number of aliphatic imine (C=N–C) groups is 1. The number of thiocarbonyl (C=S) groups is 2. The molecule has 5 atom stereocenters. The topological polar surface area (TPSA) is 373 Å². The molecule has 0 aliphatic carbocycles. The number of nitrogens with one attached hydrogen (secondary N) is 1. The molecule has 5 aromatic carbocycles. The maximum Gasteiger partial charge on any atom is 0.284 e. The van der Waals surface area contributed by atoms with Crippen LogP contribution in [0.25, 0.3) is 0 Å². The Labute approximate surface area is 478 Å². The summed E-state index contributed by atoms with van der Waals surface area (Å²) in [7, 11) is -2.08. The summed E-state index contributed by atoms with van der Waals surface area (Å²) in [6, 6.07) is 38.3. The van der Waals surface area contributed by atoms with Crippen molar-refractivity contribution in [1.82, 2.24) is 5.48 Å². The summed E-state index contributed by atoms with van der Waals surface area (Å²) in [5.41, 5.74) is 10.1. The third-order valence-electron chi connectivity index (χ3n) is 9.97. The zero-order valence-corrected chi connectivity index (χ0v) is 47.6. The van der Waals surface area contributed by atoms with Crippen LogP contribution in [0.1, 0.15) is 27.8 Å². The van der Waals surface area contributed by atoms with E-state index in [2.05, 4.69) is 42.2 Å². The molecule has 0 radical (unpaired) electrons. The fourth-order valence-electron chi connectivity index (χ4n) is 6.29. The Hall–Kier alpha value is -6.85. The quantitative estimate of drug-likeness (QED) is 0.0161. The maximum atomic E-state index is 10.7. The second kappa shape index (κ2) is 37.2. The SMILES string of the molecule is COc1cccc(C/C(=N/OS(=O)(=O)[O-])S[C@@H]2OC(CO)[C@@H](O)[C@H](O)C2O)c1.COc1cccc(CC#N)c1.COc1cccc(CC(=S)NOS(=O)(=O)[O-])c1.COc1cccc(CC(N)=O)c1.COc1cccc(CN=C=S)c1. The number of aliphatic hydroxyl groups excluding tert-OH is 4. The second-order valence-corrected chi connectivity index (χ2v) is 19.6. The Morgan fingerprint density at radius 3 is 1.52 bits per heavy atom. The molecule has 0 aromatic heterocycles. The summed E-state index contributed by atoms with van der Waals surface area (Å²) >= 11 is 9.94. The van der Waals surface area contributed by atoms with Crippen LogP contribution in [0.2, 0.25) is 0 Å². The lowest BCUT2D eigenvalue weighted by molar-refractivity contribution is -0.205. The monoisotopic (exact) mass is 1210 g/mol. The van der Waals surface area contributed by atoms with Gasteiger partial charge >= 0.3 is 0 Å². The molecule has 29 heteroatoms. The fourth-order valence-corrected chi connectivity index (χ4v) is 8.15. The summed E-state index contributed by atoms with van der Waals surface area (Å²) in [6.45, 7) is -0.0590. The van der Waals surface area contributed by atoms with Crippen molar-refractivity contribution in [2.75, 3.05) is 42.2 Å². The highest BCUT2D eigenvalue weighted by atomic mass is 32.3. The van der Waals surface area contributed by atoms with E-state index >= 15 is 0 Å². The predicted octanol–water partition coefficient (Wildman–Crippen LogP) is 3.89. The zero-order chi connectivity index (χ0) is 59.7. The van der Waals surface area contributed by atoms with Gasteiger partial charge in [-0.2, -0.15) is 18.0 Å². The van der Waals surface area contributed by atoms with Gasteiger partial charge < -0.3 is 63.7 Å². The lowest BCUT2D eigenvalue weighted by atomic mass is 10.0. The molecule has 24 nitrogen and oxygen atoms in total. The number of primary amides is 1. The number of hydrogen-bond acceptors (Lipinski definition) is 25. The van der Waals surface area contributed by atoms with E-state index < -0.39 is 57.3 Å². The molecule has 2 unspecified atom stereocenters. The summed E-state index contributed by atoms with van der Waals surface area (Å²) < 4.78 is 101. The average Bonchev–Trinajstić information content (AvgIpc) is 3.44. The number of oxime groups is 1. The number of carbonyl (C=O) groups is 1. The van der Waals surface area contributed by atoms with Gasteiger partial charge in [0.1, 0.15) is 68.6 Å². The fraction of sp³-hybridized carbons (Fsp3) is 0.314. The average molecular weight is 1210 g/mol. The molecule has 1 aliphatic heterocycles. The van der Waals surface area contributed by atoms with Crippen molar-refractivity contribution >= 4 is 78.1 Å². The Morgan fingerprint density at radius 2 is 1.11 bits per heavy atom. The zero-order valence-electron chi connectivity index (χ0n) is 43.5. The minimum absolute atomic E-state index is 0.0214. The minimum atomic E-state index is -5.12. The number of rotatable bonds is 20. The number of amides is 1. The van der Waals surface area contributed by atoms with E-state index in [4.69, 9.17) is 51.6 Å². The molecule has 1 saturated heterocycles. The number of aliphatic hydroxyl groups is 4. The van der Waals surface area contributed by atoms with Gasteiger partial charge in [0.2, 0.25) is 16.3 Å². The first kappa shape index (κ1) is 69.3. The van der Waals surface area contributed by atoms with Crippen LogP contribution >= 0.6 is 36.2 Å². The van der Waals surface area contributed by atoms with E-state index in [9.17, 15) is 51.2 Å². The lowest BCUT2D eigenvalue weighted by Gasteiger charge is -2.39. The van der Waals surface area contributed by atoms with Crippen LogP contribution in [0.5, 0.6) is 28.7 Å².